The van der Waals surface area contributed by atoms with Gasteiger partial charge in [0.2, 0.25) is 5.91 Å². The molecule has 3 aromatic rings. The summed E-state index contributed by atoms with van der Waals surface area (Å²) < 4.78 is 1.65. The molecule has 0 saturated heterocycles. The molecule has 194 valence electrons. The van der Waals surface area contributed by atoms with Crippen molar-refractivity contribution in [2.75, 3.05) is 26.2 Å². The van der Waals surface area contributed by atoms with Crippen molar-refractivity contribution in [2.45, 2.75) is 46.2 Å². The molecule has 0 saturated carbocycles. The summed E-state index contributed by atoms with van der Waals surface area (Å²) in [5.41, 5.74) is 4.10. The van der Waals surface area contributed by atoms with Crippen molar-refractivity contribution in [1.29, 1.82) is 0 Å². The average molecular weight is 502 g/mol. The number of hydrogen-bond acceptors (Lipinski definition) is 4. The maximum Gasteiger partial charge on any atom is 0.274 e. The van der Waals surface area contributed by atoms with E-state index in [4.69, 9.17) is 0 Å². The third kappa shape index (κ3) is 6.64. The first-order valence-electron chi connectivity index (χ1n) is 13.0. The van der Waals surface area contributed by atoms with Crippen LogP contribution in [0.5, 0.6) is 0 Å². The van der Waals surface area contributed by atoms with Crippen LogP contribution in [0.1, 0.15) is 57.4 Å². The van der Waals surface area contributed by atoms with Crippen LogP contribution in [0, 0.1) is 6.92 Å². The Morgan fingerprint density at radius 3 is 2.57 bits per heavy atom. The van der Waals surface area contributed by atoms with Gasteiger partial charge in [-0.05, 0) is 43.4 Å². The second-order valence-corrected chi connectivity index (χ2v) is 9.37. The topological polar surface area (TPSA) is 87.5 Å². The minimum absolute atomic E-state index is 0.0928. The van der Waals surface area contributed by atoms with Gasteiger partial charge in [-0.25, -0.2) is 0 Å². The van der Waals surface area contributed by atoms with Crippen LogP contribution < -0.4 is 5.32 Å². The number of carbonyl (C=O) groups excluding carboxylic acids is 3. The van der Waals surface area contributed by atoms with Crippen LogP contribution >= 0.6 is 0 Å². The third-order valence-electron chi connectivity index (χ3n) is 6.78. The third-order valence-corrected chi connectivity index (χ3v) is 6.78. The summed E-state index contributed by atoms with van der Waals surface area (Å²) in [4.78, 5) is 42.3. The molecule has 0 unspecified atom stereocenters. The molecule has 1 aliphatic heterocycles. The van der Waals surface area contributed by atoms with E-state index < -0.39 is 0 Å². The van der Waals surface area contributed by atoms with E-state index in [2.05, 4.69) is 10.4 Å². The van der Waals surface area contributed by atoms with Crippen molar-refractivity contribution >= 4 is 17.7 Å². The van der Waals surface area contributed by atoms with Gasteiger partial charge in [-0.3, -0.25) is 19.1 Å². The first-order chi connectivity index (χ1) is 18.0. The SMILES string of the molecule is CCN(CCC(=O)NCCc1ccccc1)C(=O)c1cc2n(n1)CCCN(Cc1ccccc1C)C2=O. The number of benzene rings is 2. The second kappa shape index (κ2) is 12.3. The van der Waals surface area contributed by atoms with Crippen LogP contribution in [-0.2, 0) is 24.3 Å². The van der Waals surface area contributed by atoms with E-state index in [-0.39, 0.29) is 29.8 Å². The highest BCUT2D eigenvalue weighted by Crippen LogP contribution is 2.19. The molecule has 0 atom stereocenters. The minimum atomic E-state index is -0.265. The van der Waals surface area contributed by atoms with Gasteiger partial charge in [-0.15, -0.1) is 0 Å². The molecule has 3 amide bonds. The van der Waals surface area contributed by atoms with Crippen molar-refractivity contribution in [3.63, 3.8) is 0 Å². The van der Waals surface area contributed by atoms with Crippen LogP contribution in [0.25, 0.3) is 0 Å². The highest BCUT2D eigenvalue weighted by atomic mass is 16.2. The fourth-order valence-electron chi connectivity index (χ4n) is 4.56. The van der Waals surface area contributed by atoms with Gasteiger partial charge in [0, 0.05) is 51.8 Å². The van der Waals surface area contributed by atoms with Crippen molar-refractivity contribution in [3.05, 3.63) is 88.7 Å². The van der Waals surface area contributed by atoms with E-state index in [9.17, 15) is 14.4 Å². The summed E-state index contributed by atoms with van der Waals surface area (Å²) in [6.07, 6.45) is 1.74. The van der Waals surface area contributed by atoms with E-state index in [0.29, 0.717) is 45.0 Å². The molecule has 1 aromatic heterocycles. The Labute approximate surface area is 218 Å². The molecule has 8 nitrogen and oxygen atoms in total. The van der Waals surface area contributed by atoms with Crippen LogP contribution in [-0.4, -0.2) is 63.5 Å². The monoisotopic (exact) mass is 501 g/mol. The Morgan fingerprint density at radius 2 is 1.81 bits per heavy atom. The fourth-order valence-corrected chi connectivity index (χ4v) is 4.56. The van der Waals surface area contributed by atoms with Gasteiger partial charge in [0.1, 0.15) is 5.69 Å². The summed E-state index contributed by atoms with van der Waals surface area (Å²) >= 11 is 0. The lowest BCUT2D eigenvalue weighted by atomic mass is 10.1. The molecule has 0 spiro atoms. The molecular formula is C29H35N5O3. The smallest absolute Gasteiger partial charge is 0.274 e. The number of aromatic nitrogens is 2. The van der Waals surface area contributed by atoms with Crippen LogP contribution in [0.2, 0.25) is 0 Å². The van der Waals surface area contributed by atoms with Gasteiger partial charge in [-0.2, -0.15) is 5.10 Å². The number of rotatable bonds is 10. The summed E-state index contributed by atoms with van der Waals surface area (Å²) in [5.74, 6) is -0.476. The molecule has 2 aromatic carbocycles. The van der Waals surface area contributed by atoms with Gasteiger partial charge in [0.25, 0.3) is 11.8 Å². The van der Waals surface area contributed by atoms with Crippen molar-refractivity contribution in [1.82, 2.24) is 24.9 Å². The Balaban J connectivity index is 1.35. The fraction of sp³-hybridized carbons (Fsp3) is 0.379. The van der Waals surface area contributed by atoms with Gasteiger partial charge >= 0.3 is 0 Å². The lowest BCUT2D eigenvalue weighted by Gasteiger charge is -2.21. The number of fused-ring (bicyclic) bond motifs is 1. The standard InChI is InChI=1S/C29H35N5O3/c1-3-32(19-15-27(35)30-16-14-23-11-5-4-6-12-23)28(36)25-20-26-29(37)33(17-9-18-34(26)31-25)21-24-13-8-7-10-22(24)2/h4-8,10-13,20H,3,9,14-19,21H2,1-2H3,(H,30,35). The van der Waals surface area contributed by atoms with E-state index in [1.807, 2.05) is 73.3 Å². The molecule has 4 rings (SSSR count). The Kier molecular flexibility index (Phi) is 8.72. The summed E-state index contributed by atoms with van der Waals surface area (Å²) in [6.45, 7) is 6.96. The normalized spacial score (nSPS) is 13.1. The number of nitrogens with zero attached hydrogens (tertiary/aromatic N) is 4. The first-order valence-corrected chi connectivity index (χ1v) is 13.0. The molecule has 2 heterocycles. The number of carbonyl (C=O) groups is 3. The largest absolute Gasteiger partial charge is 0.356 e. The van der Waals surface area contributed by atoms with E-state index in [1.165, 1.54) is 5.56 Å². The van der Waals surface area contributed by atoms with Gasteiger partial charge < -0.3 is 15.1 Å². The number of aryl methyl sites for hydroxylation is 2. The van der Waals surface area contributed by atoms with Crippen molar-refractivity contribution < 1.29 is 14.4 Å². The predicted molar refractivity (Wildman–Crippen MR) is 142 cm³/mol. The van der Waals surface area contributed by atoms with Crippen molar-refractivity contribution in [2.24, 2.45) is 0 Å². The maximum atomic E-state index is 13.3. The molecule has 0 fully saturated rings. The highest BCUT2D eigenvalue weighted by molar-refractivity contribution is 5.98. The van der Waals surface area contributed by atoms with Crippen molar-refractivity contribution in [3.8, 4) is 0 Å². The number of hydrogen-bond donors (Lipinski definition) is 1. The zero-order valence-corrected chi connectivity index (χ0v) is 21.7. The van der Waals surface area contributed by atoms with Gasteiger partial charge in [-0.1, -0.05) is 54.6 Å². The Hall–Kier alpha value is -3.94. The van der Waals surface area contributed by atoms with Crippen LogP contribution in [0.3, 0.4) is 0 Å². The minimum Gasteiger partial charge on any atom is -0.356 e. The van der Waals surface area contributed by atoms with Gasteiger partial charge in [0.05, 0.1) is 0 Å². The second-order valence-electron chi connectivity index (χ2n) is 9.37. The molecule has 37 heavy (non-hydrogen) atoms. The summed E-state index contributed by atoms with van der Waals surface area (Å²) in [5, 5.41) is 7.40. The molecular weight excluding hydrogens is 466 g/mol. The zero-order chi connectivity index (χ0) is 26.2. The first kappa shape index (κ1) is 26.1. The molecule has 8 heteroatoms. The van der Waals surface area contributed by atoms with Crippen LogP contribution in [0.15, 0.2) is 60.7 Å². The lowest BCUT2D eigenvalue weighted by molar-refractivity contribution is -0.121. The van der Waals surface area contributed by atoms with Crippen LogP contribution in [0.4, 0.5) is 0 Å². The Bertz CT molecular complexity index is 1240. The predicted octanol–water partition coefficient (Wildman–Crippen LogP) is 3.45. The van der Waals surface area contributed by atoms with E-state index in [1.54, 1.807) is 15.6 Å². The Morgan fingerprint density at radius 1 is 1.05 bits per heavy atom. The summed E-state index contributed by atoms with van der Waals surface area (Å²) in [7, 11) is 0. The molecule has 1 N–H and O–H groups in total. The van der Waals surface area contributed by atoms with E-state index >= 15 is 0 Å². The average Bonchev–Trinajstić information content (AvgIpc) is 3.28. The number of nitrogens with one attached hydrogen (secondary N) is 1. The lowest BCUT2D eigenvalue weighted by Crippen LogP contribution is -2.36. The zero-order valence-electron chi connectivity index (χ0n) is 21.7. The molecule has 0 aliphatic carbocycles. The molecule has 0 bridgehead atoms. The summed E-state index contributed by atoms with van der Waals surface area (Å²) in [6, 6.07) is 19.6. The van der Waals surface area contributed by atoms with E-state index in [0.717, 1.165) is 24.0 Å². The quantitative estimate of drug-likeness (QED) is 0.461. The van der Waals surface area contributed by atoms with Gasteiger partial charge in [0.15, 0.2) is 5.69 Å². The maximum absolute atomic E-state index is 13.3. The molecule has 1 aliphatic rings. The highest BCUT2D eigenvalue weighted by Gasteiger charge is 2.28. The molecule has 0 radical (unpaired) electrons. The number of amides is 3.